The maximum atomic E-state index is 5.90. The summed E-state index contributed by atoms with van der Waals surface area (Å²) in [7, 11) is 0. The molecular weight excluding hydrogens is 160 g/mol. The Morgan fingerprint density at radius 1 is 1.23 bits per heavy atom. The van der Waals surface area contributed by atoms with E-state index >= 15 is 0 Å². The molecule has 1 atom stereocenters. The summed E-state index contributed by atoms with van der Waals surface area (Å²) in [6, 6.07) is 10.4. The molecule has 1 aromatic rings. The first-order chi connectivity index (χ1) is 6.20. The van der Waals surface area contributed by atoms with Gasteiger partial charge >= 0.3 is 0 Å². The lowest BCUT2D eigenvalue weighted by molar-refractivity contribution is 0.511. The van der Waals surface area contributed by atoms with Crippen LogP contribution in [0.3, 0.4) is 0 Å². The summed E-state index contributed by atoms with van der Waals surface area (Å²) in [5.74, 6) is 0.524. The van der Waals surface area contributed by atoms with Crippen LogP contribution in [-0.4, -0.2) is 12.6 Å². The van der Waals surface area contributed by atoms with E-state index in [-0.39, 0.29) is 6.04 Å². The van der Waals surface area contributed by atoms with E-state index in [1.165, 1.54) is 0 Å². The highest BCUT2D eigenvalue weighted by Gasteiger charge is 2.05. The molecule has 13 heavy (non-hydrogen) atoms. The van der Waals surface area contributed by atoms with Crippen LogP contribution in [0.2, 0.25) is 0 Å². The van der Waals surface area contributed by atoms with Crippen molar-refractivity contribution in [2.24, 2.45) is 11.7 Å². The molecule has 0 aromatic heterocycles. The molecule has 0 aliphatic rings. The van der Waals surface area contributed by atoms with E-state index in [4.69, 9.17) is 5.73 Å². The van der Waals surface area contributed by atoms with E-state index < -0.39 is 0 Å². The van der Waals surface area contributed by atoms with Crippen molar-refractivity contribution in [3.05, 3.63) is 30.3 Å². The highest BCUT2D eigenvalue weighted by Crippen LogP contribution is 2.06. The Morgan fingerprint density at radius 3 is 2.38 bits per heavy atom. The monoisotopic (exact) mass is 178 g/mol. The highest BCUT2D eigenvalue weighted by atomic mass is 14.9. The second-order valence-electron chi connectivity index (χ2n) is 3.65. The van der Waals surface area contributed by atoms with Crippen molar-refractivity contribution in [2.45, 2.75) is 19.9 Å². The van der Waals surface area contributed by atoms with E-state index in [1.54, 1.807) is 0 Å². The van der Waals surface area contributed by atoms with Crippen LogP contribution < -0.4 is 11.1 Å². The lowest BCUT2D eigenvalue weighted by Crippen LogP contribution is -2.33. The normalized spacial score (nSPS) is 12.9. The maximum Gasteiger partial charge on any atom is 0.0340 e. The second kappa shape index (κ2) is 4.87. The molecular formula is C11H18N2. The molecule has 0 heterocycles. The lowest BCUT2D eigenvalue weighted by atomic mass is 10.1. The number of anilines is 1. The summed E-state index contributed by atoms with van der Waals surface area (Å²) in [6.07, 6.45) is 0. The highest BCUT2D eigenvalue weighted by molar-refractivity contribution is 5.42. The van der Waals surface area contributed by atoms with Crippen LogP contribution in [0.4, 0.5) is 5.69 Å². The van der Waals surface area contributed by atoms with Gasteiger partial charge in [0.2, 0.25) is 0 Å². The molecule has 0 spiro atoms. The number of nitrogens with two attached hydrogens (primary N) is 1. The number of nitrogens with one attached hydrogen (secondary N) is 1. The van der Waals surface area contributed by atoms with Gasteiger partial charge in [-0.05, 0) is 18.1 Å². The quantitative estimate of drug-likeness (QED) is 0.740. The summed E-state index contributed by atoms with van der Waals surface area (Å²) < 4.78 is 0. The van der Waals surface area contributed by atoms with Crippen LogP contribution in [-0.2, 0) is 0 Å². The van der Waals surface area contributed by atoms with Crippen molar-refractivity contribution in [3.63, 3.8) is 0 Å². The van der Waals surface area contributed by atoms with E-state index in [1.807, 2.05) is 30.3 Å². The molecule has 0 amide bonds. The van der Waals surface area contributed by atoms with Crippen molar-refractivity contribution in [1.82, 2.24) is 0 Å². The molecule has 0 saturated carbocycles. The number of hydrogen-bond donors (Lipinski definition) is 2. The molecule has 2 heteroatoms. The first-order valence-corrected chi connectivity index (χ1v) is 4.74. The van der Waals surface area contributed by atoms with Crippen LogP contribution >= 0.6 is 0 Å². The van der Waals surface area contributed by atoms with Crippen molar-refractivity contribution in [2.75, 3.05) is 11.9 Å². The Hall–Kier alpha value is -1.02. The molecule has 72 valence electrons. The fourth-order valence-electron chi connectivity index (χ4n) is 1.03. The van der Waals surface area contributed by atoms with E-state index in [0.29, 0.717) is 5.92 Å². The first-order valence-electron chi connectivity index (χ1n) is 4.74. The van der Waals surface area contributed by atoms with Gasteiger partial charge in [0.1, 0.15) is 0 Å². The minimum absolute atomic E-state index is 0.222. The van der Waals surface area contributed by atoms with Crippen molar-refractivity contribution in [1.29, 1.82) is 0 Å². The van der Waals surface area contributed by atoms with Gasteiger partial charge in [0.25, 0.3) is 0 Å². The largest absolute Gasteiger partial charge is 0.383 e. The maximum absolute atomic E-state index is 5.90. The van der Waals surface area contributed by atoms with Gasteiger partial charge in [-0.15, -0.1) is 0 Å². The molecule has 0 aliphatic heterocycles. The third-order valence-electron chi connectivity index (χ3n) is 2.17. The minimum atomic E-state index is 0.222. The van der Waals surface area contributed by atoms with Crippen molar-refractivity contribution >= 4 is 5.69 Å². The third-order valence-corrected chi connectivity index (χ3v) is 2.17. The Balaban J connectivity index is 2.35. The molecule has 0 aliphatic carbocycles. The summed E-state index contributed by atoms with van der Waals surface area (Å²) in [6.45, 7) is 5.11. The van der Waals surface area contributed by atoms with Gasteiger partial charge in [-0.3, -0.25) is 0 Å². The minimum Gasteiger partial charge on any atom is -0.383 e. The van der Waals surface area contributed by atoms with Crippen LogP contribution in [0, 0.1) is 5.92 Å². The Bertz CT molecular complexity index is 231. The fourth-order valence-corrected chi connectivity index (χ4v) is 1.03. The SMILES string of the molecule is CC(C)[C@H](N)CNc1ccccc1. The number of rotatable bonds is 4. The molecule has 0 radical (unpaired) electrons. The standard InChI is InChI=1S/C11H18N2/c1-9(2)11(12)8-13-10-6-4-3-5-7-10/h3-7,9,11,13H,8,12H2,1-2H3/t11-/m1/s1. The zero-order chi connectivity index (χ0) is 9.68. The summed E-state index contributed by atoms with van der Waals surface area (Å²) in [5.41, 5.74) is 7.04. The molecule has 2 nitrogen and oxygen atoms in total. The van der Waals surface area contributed by atoms with E-state index in [9.17, 15) is 0 Å². The van der Waals surface area contributed by atoms with Crippen LogP contribution in [0.5, 0.6) is 0 Å². The van der Waals surface area contributed by atoms with Gasteiger partial charge < -0.3 is 11.1 Å². The first kappa shape index (κ1) is 10.1. The van der Waals surface area contributed by atoms with Gasteiger partial charge in [0.15, 0.2) is 0 Å². The summed E-state index contributed by atoms with van der Waals surface area (Å²) in [4.78, 5) is 0. The van der Waals surface area contributed by atoms with E-state index in [2.05, 4.69) is 19.2 Å². The number of hydrogen-bond acceptors (Lipinski definition) is 2. The van der Waals surface area contributed by atoms with Gasteiger partial charge in [-0.1, -0.05) is 32.0 Å². The van der Waals surface area contributed by atoms with Gasteiger partial charge in [0.05, 0.1) is 0 Å². The van der Waals surface area contributed by atoms with Crippen molar-refractivity contribution in [3.8, 4) is 0 Å². The number of para-hydroxylation sites is 1. The van der Waals surface area contributed by atoms with E-state index in [0.717, 1.165) is 12.2 Å². The fraction of sp³-hybridized carbons (Fsp3) is 0.455. The molecule has 0 saturated heterocycles. The zero-order valence-corrected chi connectivity index (χ0v) is 8.33. The molecule has 0 fully saturated rings. The van der Waals surface area contributed by atoms with Crippen LogP contribution in [0.1, 0.15) is 13.8 Å². The van der Waals surface area contributed by atoms with Crippen LogP contribution in [0.25, 0.3) is 0 Å². The summed E-state index contributed by atoms with van der Waals surface area (Å²) in [5, 5.41) is 3.30. The molecule has 3 N–H and O–H groups in total. The molecule has 0 bridgehead atoms. The summed E-state index contributed by atoms with van der Waals surface area (Å²) >= 11 is 0. The van der Waals surface area contributed by atoms with Gasteiger partial charge in [-0.2, -0.15) is 0 Å². The number of benzene rings is 1. The molecule has 1 rings (SSSR count). The second-order valence-corrected chi connectivity index (χ2v) is 3.65. The Kier molecular flexibility index (Phi) is 3.77. The lowest BCUT2D eigenvalue weighted by Gasteiger charge is -2.16. The average Bonchev–Trinajstić information content (AvgIpc) is 2.15. The van der Waals surface area contributed by atoms with Gasteiger partial charge in [0, 0.05) is 18.3 Å². The Labute approximate surface area is 80.1 Å². The smallest absolute Gasteiger partial charge is 0.0340 e. The van der Waals surface area contributed by atoms with Crippen LogP contribution in [0.15, 0.2) is 30.3 Å². The average molecular weight is 178 g/mol. The Morgan fingerprint density at radius 2 is 1.85 bits per heavy atom. The predicted octanol–water partition coefficient (Wildman–Crippen LogP) is 2.08. The molecule has 0 unspecified atom stereocenters. The third kappa shape index (κ3) is 3.47. The predicted molar refractivity (Wildman–Crippen MR) is 57.7 cm³/mol. The van der Waals surface area contributed by atoms with Gasteiger partial charge in [-0.25, -0.2) is 0 Å². The topological polar surface area (TPSA) is 38.0 Å². The zero-order valence-electron chi connectivity index (χ0n) is 8.33. The van der Waals surface area contributed by atoms with Crippen molar-refractivity contribution < 1.29 is 0 Å². The molecule has 1 aromatic carbocycles.